The largest absolute Gasteiger partial charge is 0.379 e. The molecule has 2 nitrogen and oxygen atoms in total. The normalized spacial score (nSPS) is 10.1. The molecule has 1 heterocycles. The number of halogens is 1. The van der Waals surface area contributed by atoms with E-state index in [2.05, 4.69) is 23.3 Å². The summed E-state index contributed by atoms with van der Waals surface area (Å²) >= 11 is 5.90. The lowest BCUT2D eigenvalue weighted by molar-refractivity contribution is 1.02. The number of hydrogen-bond acceptors (Lipinski definition) is 2. The number of pyridine rings is 1. The molecular formula is C13H13ClN2. The monoisotopic (exact) mass is 232 g/mol. The molecule has 0 unspecified atom stereocenters. The van der Waals surface area contributed by atoms with Gasteiger partial charge in [-0.25, -0.2) is 0 Å². The van der Waals surface area contributed by atoms with Crippen LogP contribution in [0.3, 0.4) is 0 Å². The van der Waals surface area contributed by atoms with Crippen LogP contribution in [0.4, 0.5) is 5.69 Å². The molecule has 0 saturated heterocycles. The number of nitrogens with one attached hydrogen (secondary N) is 1. The van der Waals surface area contributed by atoms with Crippen LogP contribution >= 0.6 is 11.6 Å². The van der Waals surface area contributed by atoms with Crippen molar-refractivity contribution in [1.82, 2.24) is 4.98 Å². The molecule has 0 saturated carbocycles. The molecule has 0 radical (unpaired) electrons. The van der Waals surface area contributed by atoms with Crippen molar-refractivity contribution >= 4 is 17.3 Å². The molecule has 2 aromatic rings. The van der Waals surface area contributed by atoms with Gasteiger partial charge in [0.1, 0.15) is 0 Å². The summed E-state index contributed by atoms with van der Waals surface area (Å²) < 4.78 is 0. The Morgan fingerprint density at radius 1 is 1.25 bits per heavy atom. The van der Waals surface area contributed by atoms with E-state index < -0.39 is 0 Å². The summed E-state index contributed by atoms with van der Waals surface area (Å²) in [5, 5.41) is 4.03. The first kappa shape index (κ1) is 11.0. The highest BCUT2D eigenvalue weighted by atomic mass is 35.5. The Labute approximate surface area is 100 Å². The van der Waals surface area contributed by atoms with Gasteiger partial charge < -0.3 is 5.32 Å². The predicted molar refractivity (Wildman–Crippen MR) is 67.8 cm³/mol. The van der Waals surface area contributed by atoms with E-state index in [0.29, 0.717) is 6.54 Å². The van der Waals surface area contributed by atoms with Gasteiger partial charge >= 0.3 is 0 Å². The molecular weight excluding hydrogens is 220 g/mol. The van der Waals surface area contributed by atoms with Crippen molar-refractivity contribution in [3.63, 3.8) is 0 Å². The Hall–Kier alpha value is -1.54. The number of aromatic nitrogens is 1. The van der Waals surface area contributed by atoms with Crippen LogP contribution in [0.15, 0.2) is 42.6 Å². The molecule has 1 aromatic carbocycles. The van der Waals surface area contributed by atoms with Crippen LogP contribution in [-0.4, -0.2) is 4.98 Å². The number of rotatable bonds is 3. The summed E-state index contributed by atoms with van der Waals surface area (Å²) in [5.41, 5.74) is 3.26. The summed E-state index contributed by atoms with van der Waals surface area (Å²) in [5.74, 6) is 0. The Morgan fingerprint density at radius 2 is 2.12 bits per heavy atom. The third-order valence-corrected chi connectivity index (χ3v) is 2.64. The second-order valence-corrected chi connectivity index (χ2v) is 4.07. The lowest BCUT2D eigenvalue weighted by Crippen LogP contribution is -2.03. The van der Waals surface area contributed by atoms with Crippen molar-refractivity contribution in [3.8, 4) is 0 Å². The first-order chi connectivity index (χ1) is 7.75. The third kappa shape index (κ3) is 2.74. The Balaban J connectivity index is 2.05. The van der Waals surface area contributed by atoms with Crippen molar-refractivity contribution < 1.29 is 0 Å². The molecule has 0 spiro atoms. The van der Waals surface area contributed by atoms with Crippen molar-refractivity contribution in [2.45, 2.75) is 13.5 Å². The van der Waals surface area contributed by atoms with Gasteiger partial charge in [-0.1, -0.05) is 23.7 Å². The standard InChI is InChI=1S/C13H13ClN2/c1-10-4-3-7-15-13(10)9-16-12-6-2-5-11(14)8-12/h2-8,16H,9H2,1H3. The molecule has 1 N–H and O–H groups in total. The number of aryl methyl sites for hydroxylation is 1. The summed E-state index contributed by atoms with van der Waals surface area (Å²) in [6.45, 7) is 2.77. The molecule has 3 heteroatoms. The fourth-order valence-corrected chi connectivity index (χ4v) is 1.68. The quantitative estimate of drug-likeness (QED) is 0.874. The summed E-state index contributed by atoms with van der Waals surface area (Å²) in [7, 11) is 0. The van der Waals surface area contributed by atoms with Crippen LogP contribution in [-0.2, 0) is 6.54 Å². The zero-order valence-corrected chi connectivity index (χ0v) is 9.83. The van der Waals surface area contributed by atoms with Gasteiger partial charge in [-0.15, -0.1) is 0 Å². The average Bonchev–Trinajstić information content (AvgIpc) is 2.28. The van der Waals surface area contributed by atoms with Crippen LogP contribution < -0.4 is 5.32 Å². The highest BCUT2D eigenvalue weighted by Gasteiger charge is 1.98. The van der Waals surface area contributed by atoms with Gasteiger partial charge in [0.15, 0.2) is 0 Å². The van der Waals surface area contributed by atoms with E-state index in [0.717, 1.165) is 16.4 Å². The van der Waals surface area contributed by atoms with Gasteiger partial charge in [-0.05, 0) is 36.8 Å². The maximum atomic E-state index is 5.90. The van der Waals surface area contributed by atoms with Crippen molar-refractivity contribution in [3.05, 3.63) is 58.9 Å². The predicted octanol–water partition coefficient (Wildman–Crippen LogP) is 3.66. The first-order valence-corrected chi connectivity index (χ1v) is 5.53. The van der Waals surface area contributed by atoms with E-state index in [9.17, 15) is 0 Å². The van der Waals surface area contributed by atoms with E-state index in [1.165, 1.54) is 5.56 Å². The van der Waals surface area contributed by atoms with Crippen molar-refractivity contribution in [2.24, 2.45) is 0 Å². The highest BCUT2D eigenvalue weighted by Crippen LogP contribution is 2.15. The first-order valence-electron chi connectivity index (χ1n) is 5.15. The molecule has 16 heavy (non-hydrogen) atoms. The molecule has 0 fully saturated rings. The minimum absolute atomic E-state index is 0.715. The molecule has 0 aliphatic rings. The topological polar surface area (TPSA) is 24.9 Å². The molecule has 0 aliphatic carbocycles. The van der Waals surface area contributed by atoms with E-state index >= 15 is 0 Å². The van der Waals surface area contributed by atoms with Gasteiger partial charge in [0.05, 0.1) is 12.2 Å². The molecule has 0 bridgehead atoms. The number of benzene rings is 1. The van der Waals surface area contributed by atoms with Gasteiger partial charge in [0.2, 0.25) is 0 Å². The van der Waals surface area contributed by atoms with Crippen molar-refractivity contribution in [2.75, 3.05) is 5.32 Å². The van der Waals surface area contributed by atoms with Crippen LogP contribution in [0.1, 0.15) is 11.3 Å². The summed E-state index contributed by atoms with van der Waals surface area (Å²) in [6, 6.07) is 11.7. The fraction of sp³-hybridized carbons (Fsp3) is 0.154. The maximum absolute atomic E-state index is 5.90. The Kier molecular flexibility index (Phi) is 3.42. The number of hydrogen-bond donors (Lipinski definition) is 1. The fourth-order valence-electron chi connectivity index (χ4n) is 1.49. The van der Waals surface area contributed by atoms with Gasteiger partial charge in [0.25, 0.3) is 0 Å². The SMILES string of the molecule is Cc1cccnc1CNc1cccc(Cl)c1. The van der Waals surface area contributed by atoms with E-state index in [1.807, 2.05) is 36.5 Å². The summed E-state index contributed by atoms with van der Waals surface area (Å²) in [4.78, 5) is 4.32. The second kappa shape index (κ2) is 4.99. The molecule has 82 valence electrons. The molecule has 0 amide bonds. The smallest absolute Gasteiger partial charge is 0.0623 e. The third-order valence-electron chi connectivity index (χ3n) is 2.40. The van der Waals surface area contributed by atoms with E-state index in [4.69, 9.17) is 11.6 Å². The van der Waals surface area contributed by atoms with Crippen LogP contribution in [0.25, 0.3) is 0 Å². The molecule has 0 atom stereocenters. The van der Waals surface area contributed by atoms with Crippen molar-refractivity contribution in [1.29, 1.82) is 0 Å². The average molecular weight is 233 g/mol. The minimum atomic E-state index is 0.715. The molecule has 1 aromatic heterocycles. The zero-order chi connectivity index (χ0) is 11.4. The lowest BCUT2D eigenvalue weighted by atomic mass is 10.2. The minimum Gasteiger partial charge on any atom is -0.379 e. The highest BCUT2D eigenvalue weighted by molar-refractivity contribution is 6.30. The van der Waals surface area contributed by atoms with Crippen LogP contribution in [0, 0.1) is 6.92 Å². The lowest BCUT2D eigenvalue weighted by Gasteiger charge is -2.07. The maximum Gasteiger partial charge on any atom is 0.0623 e. The number of anilines is 1. The Bertz CT molecular complexity index is 483. The van der Waals surface area contributed by atoms with Gasteiger partial charge in [0, 0.05) is 16.9 Å². The van der Waals surface area contributed by atoms with E-state index in [1.54, 1.807) is 0 Å². The van der Waals surface area contributed by atoms with Gasteiger partial charge in [-0.3, -0.25) is 4.98 Å². The Morgan fingerprint density at radius 3 is 2.88 bits per heavy atom. The number of nitrogens with zero attached hydrogens (tertiary/aromatic N) is 1. The van der Waals surface area contributed by atoms with Crippen LogP contribution in [0.5, 0.6) is 0 Å². The molecule has 0 aliphatic heterocycles. The summed E-state index contributed by atoms with van der Waals surface area (Å²) in [6.07, 6.45) is 1.81. The molecule has 2 rings (SSSR count). The zero-order valence-electron chi connectivity index (χ0n) is 9.07. The van der Waals surface area contributed by atoms with Crippen LogP contribution in [0.2, 0.25) is 5.02 Å². The van der Waals surface area contributed by atoms with E-state index in [-0.39, 0.29) is 0 Å². The second-order valence-electron chi connectivity index (χ2n) is 3.63. The van der Waals surface area contributed by atoms with Gasteiger partial charge in [-0.2, -0.15) is 0 Å².